The molecule has 2 rings (SSSR count). The molecule has 1 aromatic heterocycles. The highest BCUT2D eigenvalue weighted by molar-refractivity contribution is 7.13. The van der Waals surface area contributed by atoms with E-state index < -0.39 is 5.97 Å². The predicted molar refractivity (Wildman–Crippen MR) is 77.0 cm³/mol. The predicted octanol–water partition coefficient (Wildman–Crippen LogP) is 3.73. The average Bonchev–Trinajstić information content (AvgIpc) is 2.74. The van der Waals surface area contributed by atoms with Crippen LogP contribution in [0.1, 0.15) is 46.7 Å². The maximum atomic E-state index is 11.3. The van der Waals surface area contributed by atoms with Crippen molar-refractivity contribution in [2.75, 3.05) is 0 Å². The Morgan fingerprint density at radius 3 is 2.37 bits per heavy atom. The average molecular weight is 275 g/mol. The second kappa shape index (κ2) is 5.13. The molecule has 1 N–H and O–H groups in total. The molecular formula is C15H17NO2S. The number of aromatic carboxylic acids is 1. The van der Waals surface area contributed by atoms with Gasteiger partial charge in [-0.25, -0.2) is 9.78 Å². The molecule has 0 radical (unpaired) electrons. The van der Waals surface area contributed by atoms with Crippen molar-refractivity contribution in [3.63, 3.8) is 0 Å². The summed E-state index contributed by atoms with van der Waals surface area (Å²) in [6.07, 6.45) is 0.682. The molecule has 0 fully saturated rings. The van der Waals surface area contributed by atoms with Gasteiger partial charge in [-0.2, -0.15) is 0 Å². The maximum Gasteiger partial charge on any atom is 0.347 e. The third kappa shape index (κ3) is 3.20. The zero-order valence-electron chi connectivity index (χ0n) is 11.3. The number of thiazole rings is 1. The van der Waals surface area contributed by atoms with E-state index in [0.29, 0.717) is 17.0 Å². The zero-order valence-corrected chi connectivity index (χ0v) is 12.1. The van der Waals surface area contributed by atoms with Gasteiger partial charge in [0.05, 0.1) is 10.7 Å². The standard InChI is InChI=1S/C15H17NO2S/c1-15(2,3)13-12(14(17)18)19-11(16-13)9-10-7-5-4-6-8-10/h4-8H,9H2,1-3H3,(H,17,18). The topological polar surface area (TPSA) is 50.2 Å². The smallest absolute Gasteiger partial charge is 0.347 e. The molecule has 4 heteroatoms. The molecule has 19 heavy (non-hydrogen) atoms. The van der Waals surface area contributed by atoms with Crippen LogP contribution >= 0.6 is 11.3 Å². The van der Waals surface area contributed by atoms with E-state index in [0.717, 1.165) is 10.6 Å². The van der Waals surface area contributed by atoms with Crippen molar-refractivity contribution in [3.05, 3.63) is 51.5 Å². The fourth-order valence-corrected chi connectivity index (χ4v) is 3.01. The lowest BCUT2D eigenvalue weighted by molar-refractivity contribution is 0.0699. The molecule has 0 aliphatic heterocycles. The number of nitrogens with zero attached hydrogens (tertiary/aromatic N) is 1. The van der Waals surface area contributed by atoms with Gasteiger partial charge < -0.3 is 5.11 Å². The van der Waals surface area contributed by atoms with Crippen molar-refractivity contribution < 1.29 is 9.90 Å². The summed E-state index contributed by atoms with van der Waals surface area (Å²) in [5.41, 5.74) is 1.57. The van der Waals surface area contributed by atoms with Crippen LogP contribution in [0.15, 0.2) is 30.3 Å². The van der Waals surface area contributed by atoms with Crippen molar-refractivity contribution in [1.82, 2.24) is 4.98 Å². The first-order valence-corrected chi connectivity index (χ1v) is 6.97. The Morgan fingerprint density at radius 1 is 1.26 bits per heavy atom. The molecule has 0 amide bonds. The summed E-state index contributed by atoms with van der Waals surface area (Å²) >= 11 is 1.28. The SMILES string of the molecule is CC(C)(C)c1nc(Cc2ccccc2)sc1C(=O)O. The summed E-state index contributed by atoms with van der Waals surface area (Å²) in [4.78, 5) is 16.2. The van der Waals surface area contributed by atoms with Crippen LogP contribution < -0.4 is 0 Å². The van der Waals surface area contributed by atoms with E-state index in [1.165, 1.54) is 11.3 Å². The van der Waals surface area contributed by atoms with Crippen LogP contribution in [0.3, 0.4) is 0 Å². The highest BCUT2D eigenvalue weighted by Crippen LogP contribution is 2.30. The van der Waals surface area contributed by atoms with E-state index in [1.54, 1.807) is 0 Å². The lowest BCUT2D eigenvalue weighted by atomic mass is 9.91. The second-order valence-corrected chi connectivity index (χ2v) is 6.59. The van der Waals surface area contributed by atoms with Crippen LogP contribution in [0, 0.1) is 0 Å². The summed E-state index contributed by atoms with van der Waals surface area (Å²) in [5.74, 6) is -0.887. The van der Waals surface area contributed by atoms with Crippen molar-refractivity contribution in [2.24, 2.45) is 0 Å². The third-order valence-electron chi connectivity index (χ3n) is 2.77. The second-order valence-electron chi connectivity index (χ2n) is 5.50. The summed E-state index contributed by atoms with van der Waals surface area (Å²) in [5, 5.41) is 10.1. The van der Waals surface area contributed by atoms with Crippen LogP contribution in [0.25, 0.3) is 0 Å². The highest BCUT2D eigenvalue weighted by Gasteiger charge is 2.26. The van der Waals surface area contributed by atoms with Gasteiger partial charge >= 0.3 is 5.97 Å². The molecule has 2 aromatic rings. The fraction of sp³-hybridized carbons (Fsp3) is 0.333. The van der Waals surface area contributed by atoms with Gasteiger partial charge in [-0.05, 0) is 5.56 Å². The first kappa shape index (κ1) is 13.7. The first-order chi connectivity index (χ1) is 8.88. The fourth-order valence-electron chi connectivity index (χ4n) is 1.86. The van der Waals surface area contributed by atoms with Gasteiger partial charge in [-0.15, -0.1) is 11.3 Å². The van der Waals surface area contributed by atoms with Crippen LogP contribution in [-0.2, 0) is 11.8 Å². The number of benzene rings is 1. The molecular weight excluding hydrogens is 258 g/mol. The lowest BCUT2D eigenvalue weighted by Gasteiger charge is -2.16. The van der Waals surface area contributed by atoms with Gasteiger partial charge in [0, 0.05) is 11.8 Å². The van der Waals surface area contributed by atoms with Gasteiger partial charge in [0.25, 0.3) is 0 Å². The number of carbonyl (C=O) groups is 1. The molecule has 0 aliphatic rings. The number of hydrogen-bond donors (Lipinski definition) is 1. The summed E-state index contributed by atoms with van der Waals surface area (Å²) in [6, 6.07) is 9.98. The summed E-state index contributed by atoms with van der Waals surface area (Å²) in [7, 11) is 0. The minimum atomic E-state index is -0.887. The number of hydrogen-bond acceptors (Lipinski definition) is 3. The Labute approximate surface area is 116 Å². The Kier molecular flexibility index (Phi) is 3.71. The van der Waals surface area contributed by atoms with Gasteiger partial charge in [-0.3, -0.25) is 0 Å². The van der Waals surface area contributed by atoms with Gasteiger partial charge in [0.1, 0.15) is 4.88 Å². The molecule has 0 atom stereocenters. The van der Waals surface area contributed by atoms with Crippen LogP contribution in [0.2, 0.25) is 0 Å². The van der Waals surface area contributed by atoms with Crippen molar-refractivity contribution in [1.29, 1.82) is 0 Å². The quantitative estimate of drug-likeness (QED) is 0.928. The Balaban J connectivity index is 2.36. The lowest BCUT2D eigenvalue weighted by Crippen LogP contribution is -2.16. The van der Waals surface area contributed by atoms with E-state index >= 15 is 0 Å². The molecule has 0 unspecified atom stereocenters. The highest BCUT2D eigenvalue weighted by atomic mass is 32.1. The Bertz CT molecular complexity index is 582. The van der Waals surface area contributed by atoms with Gasteiger partial charge in [0.15, 0.2) is 0 Å². The maximum absolute atomic E-state index is 11.3. The number of aromatic nitrogens is 1. The summed E-state index contributed by atoms with van der Waals surface area (Å²) in [6.45, 7) is 5.96. The van der Waals surface area contributed by atoms with Crippen molar-refractivity contribution >= 4 is 17.3 Å². The van der Waals surface area contributed by atoms with Crippen molar-refractivity contribution in [3.8, 4) is 0 Å². The molecule has 3 nitrogen and oxygen atoms in total. The monoisotopic (exact) mass is 275 g/mol. The van der Waals surface area contributed by atoms with E-state index in [-0.39, 0.29) is 5.41 Å². The van der Waals surface area contributed by atoms with E-state index in [2.05, 4.69) is 4.98 Å². The molecule has 0 saturated heterocycles. The molecule has 0 saturated carbocycles. The molecule has 1 aromatic carbocycles. The Morgan fingerprint density at radius 2 is 1.89 bits per heavy atom. The number of carboxylic acid groups (broad SMARTS) is 1. The largest absolute Gasteiger partial charge is 0.477 e. The molecule has 1 heterocycles. The minimum absolute atomic E-state index is 0.251. The number of carboxylic acids is 1. The third-order valence-corrected chi connectivity index (χ3v) is 3.82. The van der Waals surface area contributed by atoms with E-state index in [4.69, 9.17) is 0 Å². The van der Waals surface area contributed by atoms with Crippen molar-refractivity contribution in [2.45, 2.75) is 32.6 Å². The number of rotatable bonds is 3. The van der Waals surface area contributed by atoms with Gasteiger partial charge in [-0.1, -0.05) is 51.1 Å². The molecule has 0 aliphatic carbocycles. The first-order valence-electron chi connectivity index (χ1n) is 6.15. The summed E-state index contributed by atoms with van der Waals surface area (Å²) < 4.78 is 0. The van der Waals surface area contributed by atoms with Crippen LogP contribution in [-0.4, -0.2) is 16.1 Å². The van der Waals surface area contributed by atoms with E-state index in [9.17, 15) is 9.90 Å². The molecule has 100 valence electrons. The zero-order chi connectivity index (χ0) is 14.0. The molecule has 0 spiro atoms. The van der Waals surface area contributed by atoms with Crippen LogP contribution in [0.5, 0.6) is 0 Å². The van der Waals surface area contributed by atoms with Gasteiger partial charge in [0.2, 0.25) is 0 Å². The van der Waals surface area contributed by atoms with E-state index in [1.807, 2.05) is 51.1 Å². The molecule has 0 bridgehead atoms. The minimum Gasteiger partial charge on any atom is -0.477 e. The Hall–Kier alpha value is -1.68. The normalized spacial score (nSPS) is 11.5. The van der Waals surface area contributed by atoms with Crippen LogP contribution in [0.4, 0.5) is 0 Å².